The number of carboxylic acid groups (broad SMARTS) is 1. The fourth-order valence-electron chi connectivity index (χ4n) is 1.21. The fourth-order valence-corrected chi connectivity index (χ4v) is 1.21. The summed E-state index contributed by atoms with van der Waals surface area (Å²) in [7, 11) is 2.80. The van der Waals surface area contributed by atoms with Gasteiger partial charge >= 0.3 is 29.6 Å². The molecule has 0 aliphatic carbocycles. The number of carbonyl (C=O) groups excluding carboxylic acids is 1. The van der Waals surface area contributed by atoms with Crippen LogP contribution >= 0.6 is 0 Å². The molecule has 0 atom stereocenters. The van der Waals surface area contributed by atoms with E-state index in [-0.39, 0.29) is 29.6 Å². The van der Waals surface area contributed by atoms with Crippen LogP contribution in [0.2, 0.25) is 0 Å². The van der Waals surface area contributed by atoms with E-state index in [4.69, 9.17) is 9.47 Å². The van der Waals surface area contributed by atoms with E-state index in [1.54, 1.807) is 0 Å². The number of benzene rings is 1. The van der Waals surface area contributed by atoms with Gasteiger partial charge in [-0.05, 0) is 12.1 Å². The molecule has 0 saturated heterocycles. The molecule has 0 bridgehead atoms. The summed E-state index contributed by atoms with van der Waals surface area (Å²) in [5.41, 5.74) is -0.0906. The number of hydrogen-bond donors (Lipinski definition) is 0. The Balaban J connectivity index is 0.00000225. The SMILES string of the molecule is COC(OC)c1ccc(F)c(C(=O)[O-])c1.[Na+]. The summed E-state index contributed by atoms with van der Waals surface area (Å²) in [6.45, 7) is 0. The molecule has 0 fully saturated rings. The minimum absolute atomic E-state index is 0. The van der Waals surface area contributed by atoms with Gasteiger partial charge in [-0.15, -0.1) is 0 Å². The van der Waals surface area contributed by atoms with E-state index < -0.39 is 23.6 Å². The molecule has 0 aliphatic rings. The van der Waals surface area contributed by atoms with Gasteiger partial charge in [0.25, 0.3) is 0 Å². The third kappa shape index (κ3) is 3.54. The minimum Gasteiger partial charge on any atom is -0.545 e. The predicted octanol–water partition coefficient (Wildman–Crippen LogP) is -2.52. The van der Waals surface area contributed by atoms with E-state index in [1.165, 1.54) is 20.3 Å². The molecular weight excluding hydrogens is 226 g/mol. The molecular formula is C10H10FNaO4. The molecule has 0 aliphatic heterocycles. The van der Waals surface area contributed by atoms with Crippen molar-refractivity contribution < 1.29 is 53.3 Å². The van der Waals surface area contributed by atoms with E-state index in [9.17, 15) is 14.3 Å². The number of ether oxygens (including phenoxy) is 2. The molecule has 0 heterocycles. The third-order valence-electron chi connectivity index (χ3n) is 1.91. The van der Waals surface area contributed by atoms with Crippen molar-refractivity contribution in [3.05, 3.63) is 35.1 Å². The average Bonchev–Trinajstić information content (AvgIpc) is 2.21. The van der Waals surface area contributed by atoms with Crippen molar-refractivity contribution in [2.75, 3.05) is 14.2 Å². The van der Waals surface area contributed by atoms with Gasteiger partial charge in [0.15, 0.2) is 6.29 Å². The van der Waals surface area contributed by atoms with Gasteiger partial charge in [-0.2, -0.15) is 0 Å². The van der Waals surface area contributed by atoms with Gasteiger partial charge in [0.1, 0.15) is 5.82 Å². The Kier molecular flexibility index (Phi) is 6.78. The van der Waals surface area contributed by atoms with Crippen LogP contribution in [-0.2, 0) is 9.47 Å². The molecule has 0 spiro atoms. The van der Waals surface area contributed by atoms with Crippen LogP contribution in [0, 0.1) is 5.82 Å². The van der Waals surface area contributed by atoms with E-state index in [0.29, 0.717) is 5.56 Å². The van der Waals surface area contributed by atoms with Crippen molar-refractivity contribution in [3.63, 3.8) is 0 Å². The Labute approximate surface area is 115 Å². The largest absolute Gasteiger partial charge is 1.00 e. The summed E-state index contributed by atoms with van der Waals surface area (Å²) in [4.78, 5) is 10.5. The topological polar surface area (TPSA) is 58.6 Å². The van der Waals surface area contributed by atoms with Gasteiger partial charge in [0.05, 0.1) is 5.97 Å². The molecule has 0 N–H and O–H groups in total. The number of methoxy groups -OCH3 is 2. The minimum atomic E-state index is -1.57. The van der Waals surface area contributed by atoms with Gasteiger partial charge < -0.3 is 19.4 Å². The van der Waals surface area contributed by atoms with Crippen LogP contribution in [0.25, 0.3) is 0 Å². The molecule has 0 aromatic heterocycles. The summed E-state index contributed by atoms with van der Waals surface area (Å²) in [5, 5.41) is 10.5. The quantitative estimate of drug-likeness (QED) is 0.428. The summed E-state index contributed by atoms with van der Waals surface area (Å²) in [5.74, 6) is -2.41. The van der Waals surface area contributed by atoms with E-state index in [1.807, 2.05) is 0 Å². The van der Waals surface area contributed by atoms with Crippen molar-refractivity contribution in [1.82, 2.24) is 0 Å². The maximum atomic E-state index is 13.0. The number of carboxylic acids is 1. The maximum absolute atomic E-state index is 13.0. The van der Waals surface area contributed by atoms with Crippen molar-refractivity contribution >= 4 is 5.97 Å². The second kappa shape index (κ2) is 6.98. The average molecular weight is 236 g/mol. The maximum Gasteiger partial charge on any atom is 1.00 e. The molecule has 0 unspecified atom stereocenters. The van der Waals surface area contributed by atoms with Crippen molar-refractivity contribution in [1.29, 1.82) is 0 Å². The Bertz CT molecular complexity index is 366. The number of aromatic carboxylic acids is 1. The molecule has 6 heteroatoms. The smallest absolute Gasteiger partial charge is 0.545 e. The van der Waals surface area contributed by atoms with Crippen LogP contribution in [0.3, 0.4) is 0 Å². The van der Waals surface area contributed by atoms with Crippen molar-refractivity contribution in [2.24, 2.45) is 0 Å². The van der Waals surface area contributed by atoms with Crippen molar-refractivity contribution in [2.45, 2.75) is 6.29 Å². The van der Waals surface area contributed by atoms with Crippen LogP contribution < -0.4 is 34.7 Å². The number of hydrogen-bond acceptors (Lipinski definition) is 4. The standard InChI is InChI=1S/C10H11FO4.Na/c1-14-10(15-2)6-3-4-8(11)7(5-6)9(12)13;/h3-5,10H,1-2H3,(H,12,13);/q;+1/p-1. The normalized spacial score (nSPS) is 10.0. The van der Waals surface area contributed by atoms with Crippen LogP contribution in [0.5, 0.6) is 0 Å². The first-order valence-corrected chi connectivity index (χ1v) is 4.16. The van der Waals surface area contributed by atoms with Gasteiger partial charge in [0, 0.05) is 25.3 Å². The molecule has 16 heavy (non-hydrogen) atoms. The predicted molar refractivity (Wildman–Crippen MR) is 47.5 cm³/mol. The van der Waals surface area contributed by atoms with Crippen LogP contribution in [0.1, 0.15) is 22.2 Å². The number of rotatable bonds is 4. The molecule has 0 saturated carbocycles. The number of halogens is 1. The number of carbonyl (C=O) groups is 1. The van der Waals surface area contributed by atoms with Crippen LogP contribution in [-0.4, -0.2) is 20.2 Å². The molecule has 4 nitrogen and oxygen atoms in total. The first-order chi connectivity index (χ1) is 7.10. The monoisotopic (exact) mass is 236 g/mol. The van der Waals surface area contributed by atoms with Gasteiger partial charge in [-0.3, -0.25) is 0 Å². The summed E-state index contributed by atoms with van der Waals surface area (Å²) < 4.78 is 22.8. The first-order valence-electron chi connectivity index (χ1n) is 4.16. The Morgan fingerprint density at radius 3 is 2.38 bits per heavy atom. The molecule has 1 rings (SSSR count). The van der Waals surface area contributed by atoms with Crippen LogP contribution in [0.4, 0.5) is 4.39 Å². The molecule has 0 radical (unpaired) electrons. The van der Waals surface area contributed by atoms with Gasteiger partial charge in [-0.25, -0.2) is 4.39 Å². The second-order valence-corrected chi connectivity index (χ2v) is 2.83. The zero-order valence-electron chi connectivity index (χ0n) is 9.32. The van der Waals surface area contributed by atoms with E-state index >= 15 is 0 Å². The Morgan fingerprint density at radius 2 is 1.94 bits per heavy atom. The fraction of sp³-hybridized carbons (Fsp3) is 0.300. The summed E-state index contributed by atoms with van der Waals surface area (Å²) in [6, 6.07) is 3.55. The van der Waals surface area contributed by atoms with Gasteiger partial charge in [0.2, 0.25) is 0 Å². The third-order valence-corrected chi connectivity index (χ3v) is 1.91. The van der Waals surface area contributed by atoms with E-state index in [0.717, 1.165) is 12.1 Å². The summed E-state index contributed by atoms with van der Waals surface area (Å²) in [6.07, 6.45) is -0.719. The molecule has 0 amide bonds. The zero-order chi connectivity index (χ0) is 11.4. The zero-order valence-corrected chi connectivity index (χ0v) is 11.3. The van der Waals surface area contributed by atoms with Gasteiger partial charge in [-0.1, -0.05) is 6.07 Å². The van der Waals surface area contributed by atoms with Crippen LogP contribution in [0.15, 0.2) is 18.2 Å². The Hall–Kier alpha value is -0.460. The second-order valence-electron chi connectivity index (χ2n) is 2.83. The Morgan fingerprint density at radius 1 is 1.38 bits per heavy atom. The molecule has 1 aromatic carbocycles. The summed E-state index contributed by atoms with van der Waals surface area (Å²) >= 11 is 0. The van der Waals surface area contributed by atoms with E-state index in [2.05, 4.69) is 0 Å². The van der Waals surface area contributed by atoms with Crippen molar-refractivity contribution in [3.8, 4) is 0 Å². The molecule has 82 valence electrons. The molecule has 1 aromatic rings. The first kappa shape index (κ1) is 15.5.